The molecule has 3 heteroatoms. The second-order valence-corrected chi connectivity index (χ2v) is 8.33. The zero-order chi connectivity index (χ0) is 15.3. The van der Waals surface area contributed by atoms with E-state index in [2.05, 4.69) is 62.4 Å². The summed E-state index contributed by atoms with van der Waals surface area (Å²) < 4.78 is 11.8. The minimum absolute atomic E-state index is 1.04. The van der Waals surface area contributed by atoms with E-state index in [9.17, 15) is 0 Å². The van der Waals surface area contributed by atoms with Crippen LogP contribution in [-0.2, 0) is 21.7 Å². The van der Waals surface area contributed by atoms with Gasteiger partial charge in [-0.25, -0.2) is 0 Å². The SMILES string of the molecule is CCc1ccc([Si](OC)(OC)c2ccc(CC)cc2)cc1. The lowest BCUT2D eigenvalue weighted by Gasteiger charge is -2.28. The summed E-state index contributed by atoms with van der Waals surface area (Å²) in [4.78, 5) is 0. The molecule has 2 nitrogen and oxygen atoms in total. The molecule has 21 heavy (non-hydrogen) atoms. The summed E-state index contributed by atoms with van der Waals surface area (Å²) in [6.07, 6.45) is 2.08. The molecule has 0 aliphatic heterocycles. The van der Waals surface area contributed by atoms with Crippen LogP contribution in [0.5, 0.6) is 0 Å². The fourth-order valence-corrected chi connectivity index (χ4v) is 5.29. The first-order valence-electron chi connectivity index (χ1n) is 7.49. The standard InChI is InChI=1S/C18H24O2Si/c1-5-15-7-11-17(12-8-15)21(19-3,20-4)18-13-9-16(6-2)10-14-18/h7-14H,5-6H2,1-4H3. The lowest BCUT2D eigenvalue weighted by atomic mass is 10.2. The highest BCUT2D eigenvalue weighted by atomic mass is 28.4. The molecule has 2 aromatic rings. The summed E-state index contributed by atoms with van der Waals surface area (Å²) in [5, 5.41) is 2.29. The van der Waals surface area contributed by atoms with Gasteiger partial charge in [0, 0.05) is 14.2 Å². The summed E-state index contributed by atoms with van der Waals surface area (Å²) in [7, 11) is 0.927. The van der Waals surface area contributed by atoms with E-state index in [4.69, 9.17) is 8.85 Å². The van der Waals surface area contributed by atoms with Gasteiger partial charge in [-0.2, -0.15) is 0 Å². The number of benzene rings is 2. The van der Waals surface area contributed by atoms with Crippen molar-refractivity contribution in [1.29, 1.82) is 0 Å². The van der Waals surface area contributed by atoms with Gasteiger partial charge in [0.2, 0.25) is 0 Å². The average molecular weight is 300 g/mol. The summed E-state index contributed by atoms with van der Waals surface area (Å²) in [6, 6.07) is 17.2. The van der Waals surface area contributed by atoms with Gasteiger partial charge in [0.25, 0.3) is 0 Å². The van der Waals surface area contributed by atoms with Gasteiger partial charge in [-0.1, -0.05) is 62.4 Å². The van der Waals surface area contributed by atoms with E-state index < -0.39 is 8.56 Å². The molecule has 0 saturated carbocycles. The monoisotopic (exact) mass is 300 g/mol. The van der Waals surface area contributed by atoms with Gasteiger partial charge in [0.05, 0.1) is 0 Å². The molecule has 0 saturated heterocycles. The first kappa shape index (κ1) is 16.0. The molecule has 0 atom stereocenters. The Morgan fingerprint density at radius 2 is 1.00 bits per heavy atom. The van der Waals surface area contributed by atoms with Crippen LogP contribution in [-0.4, -0.2) is 22.8 Å². The molecule has 0 heterocycles. The molecule has 112 valence electrons. The fraction of sp³-hybridized carbons (Fsp3) is 0.333. The van der Waals surface area contributed by atoms with E-state index >= 15 is 0 Å². The third-order valence-electron chi connectivity index (χ3n) is 4.06. The van der Waals surface area contributed by atoms with E-state index in [1.54, 1.807) is 14.2 Å². The lowest BCUT2D eigenvalue weighted by molar-refractivity contribution is 0.272. The highest BCUT2D eigenvalue weighted by Gasteiger charge is 2.40. The number of hydrogen-bond donors (Lipinski definition) is 0. The molecule has 0 radical (unpaired) electrons. The molecule has 0 fully saturated rings. The van der Waals surface area contributed by atoms with Crippen LogP contribution < -0.4 is 10.4 Å². The van der Waals surface area contributed by atoms with Gasteiger partial charge in [-0.15, -0.1) is 0 Å². The molecule has 0 bridgehead atoms. The van der Waals surface area contributed by atoms with Gasteiger partial charge in [0.15, 0.2) is 0 Å². The highest BCUT2D eigenvalue weighted by molar-refractivity contribution is 6.92. The van der Waals surface area contributed by atoms with Crippen molar-refractivity contribution >= 4 is 18.9 Å². The molecule has 0 amide bonds. The topological polar surface area (TPSA) is 18.5 Å². The maximum atomic E-state index is 5.92. The maximum absolute atomic E-state index is 5.92. The van der Waals surface area contributed by atoms with Crippen LogP contribution in [0.25, 0.3) is 0 Å². The van der Waals surface area contributed by atoms with E-state index in [1.807, 2.05) is 0 Å². The Hall–Kier alpha value is -1.42. The van der Waals surface area contributed by atoms with Crippen molar-refractivity contribution in [1.82, 2.24) is 0 Å². The summed E-state index contributed by atoms with van der Waals surface area (Å²) >= 11 is 0. The zero-order valence-corrected chi connectivity index (χ0v) is 14.3. The van der Waals surface area contributed by atoms with E-state index in [-0.39, 0.29) is 0 Å². The van der Waals surface area contributed by atoms with Crippen LogP contribution in [0.2, 0.25) is 0 Å². The molecular formula is C18H24O2Si. The Morgan fingerprint density at radius 1 is 0.667 bits per heavy atom. The lowest BCUT2D eigenvalue weighted by Crippen LogP contribution is -2.62. The van der Waals surface area contributed by atoms with Crippen LogP contribution >= 0.6 is 0 Å². The predicted molar refractivity (Wildman–Crippen MR) is 90.7 cm³/mol. The van der Waals surface area contributed by atoms with E-state index in [0.29, 0.717) is 0 Å². The Morgan fingerprint density at radius 3 is 1.24 bits per heavy atom. The molecule has 0 aromatic heterocycles. The van der Waals surface area contributed by atoms with Crippen LogP contribution in [0.4, 0.5) is 0 Å². The smallest absolute Gasteiger partial charge is 0.391 e. The summed E-state index contributed by atoms with van der Waals surface area (Å²) in [5.41, 5.74) is 2.66. The number of hydrogen-bond acceptors (Lipinski definition) is 2. The number of aryl methyl sites for hydroxylation is 2. The molecule has 0 aliphatic rings. The van der Waals surface area contributed by atoms with Crippen molar-refractivity contribution < 1.29 is 8.85 Å². The Labute approximate surface area is 129 Å². The summed E-state index contributed by atoms with van der Waals surface area (Å²) in [6.45, 7) is 4.33. The summed E-state index contributed by atoms with van der Waals surface area (Å²) in [5.74, 6) is 0. The minimum atomic E-state index is -2.57. The van der Waals surface area contributed by atoms with E-state index in [1.165, 1.54) is 11.1 Å². The quantitative estimate of drug-likeness (QED) is 0.764. The number of rotatable bonds is 6. The third-order valence-corrected chi connectivity index (χ3v) is 7.40. The van der Waals surface area contributed by atoms with Gasteiger partial charge < -0.3 is 8.85 Å². The highest BCUT2D eigenvalue weighted by Crippen LogP contribution is 2.10. The second kappa shape index (κ2) is 7.03. The zero-order valence-electron chi connectivity index (χ0n) is 13.3. The molecule has 0 spiro atoms. The molecule has 0 unspecified atom stereocenters. The molecule has 2 rings (SSSR count). The van der Waals surface area contributed by atoms with E-state index in [0.717, 1.165) is 23.2 Å². The molecule has 0 N–H and O–H groups in total. The first-order chi connectivity index (χ1) is 10.2. The molecular weight excluding hydrogens is 276 g/mol. The molecule has 2 aromatic carbocycles. The normalized spacial score (nSPS) is 11.6. The fourth-order valence-electron chi connectivity index (χ4n) is 2.64. The van der Waals surface area contributed by atoms with Crippen molar-refractivity contribution in [2.24, 2.45) is 0 Å². The average Bonchev–Trinajstić information content (AvgIpc) is 2.57. The largest absolute Gasteiger partial charge is 0.406 e. The van der Waals surface area contributed by atoms with Crippen LogP contribution in [0, 0.1) is 0 Å². The van der Waals surface area contributed by atoms with Crippen molar-refractivity contribution in [3.63, 3.8) is 0 Å². The predicted octanol–water partition coefficient (Wildman–Crippen LogP) is 2.66. The van der Waals surface area contributed by atoms with Gasteiger partial charge in [0.1, 0.15) is 0 Å². The van der Waals surface area contributed by atoms with Crippen LogP contribution in [0.15, 0.2) is 48.5 Å². The van der Waals surface area contributed by atoms with Crippen molar-refractivity contribution in [3.8, 4) is 0 Å². The maximum Gasteiger partial charge on any atom is 0.406 e. The first-order valence-corrected chi connectivity index (χ1v) is 9.31. The van der Waals surface area contributed by atoms with Crippen molar-refractivity contribution in [3.05, 3.63) is 59.7 Å². The second-order valence-electron chi connectivity index (χ2n) is 5.13. The minimum Gasteiger partial charge on any atom is -0.391 e. The van der Waals surface area contributed by atoms with Crippen LogP contribution in [0.1, 0.15) is 25.0 Å². The van der Waals surface area contributed by atoms with Crippen molar-refractivity contribution in [2.45, 2.75) is 26.7 Å². The Bertz CT molecular complexity index is 507. The third kappa shape index (κ3) is 3.10. The van der Waals surface area contributed by atoms with Crippen molar-refractivity contribution in [2.75, 3.05) is 14.2 Å². The Kier molecular flexibility index (Phi) is 5.34. The van der Waals surface area contributed by atoms with Gasteiger partial charge in [-0.3, -0.25) is 0 Å². The Balaban J connectivity index is 2.46. The van der Waals surface area contributed by atoms with Gasteiger partial charge >= 0.3 is 8.56 Å². The van der Waals surface area contributed by atoms with Gasteiger partial charge in [-0.05, 0) is 34.3 Å². The molecule has 0 aliphatic carbocycles. The van der Waals surface area contributed by atoms with Crippen LogP contribution in [0.3, 0.4) is 0 Å².